The van der Waals surface area contributed by atoms with Crippen LogP contribution >= 0.6 is 12.2 Å². The van der Waals surface area contributed by atoms with Crippen molar-refractivity contribution in [1.29, 1.82) is 0 Å². The Morgan fingerprint density at radius 1 is 1.00 bits per heavy atom. The van der Waals surface area contributed by atoms with E-state index in [1.54, 1.807) is 0 Å². The van der Waals surface area contributed by atoms with E-state index in [1.807, 2.05) is 0 Å². The fourth-order valence-electron chi connectivity index (χ4n) is 2.46. The fourth-order valence-corrected chi connectivity index (χ4v) is 2.63. The summed E-state index contributed by atoms with van der Waals surface area (Å²) >= 11 is 4.94. The standard InChI is InChI=1S/C17H28N2S/c1-13(2)10-19(11-14(3)4)12-16-7-5-15(6-8-16)9-17(18)20/h5-8,13-14H,9-12H2,1-4H3,(H2,18,20). The minimum atomic E-state index is 0.555. The molecule has 0 aromatic heterocycles. The Bertz CT molecular complexity index is 400. The molecule has 1 aromatic rings. The van der Waals surface area contributed by atoms with E-state index >= 15 is 0 Å². The Labute approximate surface area is 129 Å². The van der Waals surface area contributed by atoms with Crippen LogP contribution in [-0.2, 0) is 13.0 Å². The normalized spacial score (nSPS) is 11.6. The number of nitrogens with two attached hydrogens (primary N) is 1. The third-order valence-corrected chi connectivity index (χ3v) is 3.20. The summed E-state index contributed by atoms with van der Waals surface area (Å²) in [6.07, 6.45) is 0.692. The van der Waals surface area contributed by atoms with Crippen LogP contribution in [-0.4, -0.2) is 23.0 Å². The molecule has 2 nitrogen and oxygen atoms in total. The Hall–Kier alpha value is -0.930. The molecule has 2 N–H and O–H groups in total. The van der Waals surface area contributed by atoms with Crippen molar-refractivity contribution in [1.82, 2.24) is 4.90 Å². The van der Waals surface area contributed by atoms with Crippen molar-refractivity contribution in [2.24, 2.45) is 17.6 Å². The number of hydrogen-bond donors (Lipinski definition) is 1. The van der Waals surface area contributed by atoms with Crippen LogP contribution in [0.15, 0.2) is 24.3 Å². The van der Waals surface area contributed by atoms with Crippen molar-refractivity contribution in [3.63, 3.8) is 0 Å². The lowest BCUT2D eigenvalue weighted by Gasteiger charge is -2.26. The topological polar surface area (TPSA) is 29.3 Å². The van der Waals surface area contributed by atoms with Crippen molar-refractivity contribution in [3.05, 3.63) is 35.4 Å². The fraction of sp³-hybridized carbons (Fsp3) is 0.588. The second-order valence-corrected chi connectivity index (χ2v) is 6.97. The molecule has 0 aliphatic rings. The van der Waals surface area contributed by atoms with Crippen LogP contribution in [0.25, 0.3) is 0 Å². The van der Waals surface area contributed by atoms with Gasteiger partial charge in [-0.1, -0.05) is 64.2 Å². The molecule has 0 amide bonds. The maximum atomic E-state index is 5.58. The van der Waals surface area contributed by atoms with Gasteiger partial charge in [0.15, 0.2) is 0 Å². The summed E-state index contributed by atoms with van der Waals surface area (Å²) in [5, 5.41) is 0. The molecule has 0 aliphatic carbocycles. The molecule has 0 saturated carbocycles. The zero-order valence-electron chi connectivity index (χ0n) is 13.2. The van der Waals surface area contributed by atoms with Crippen molar-refractivity contribution in [2.75, 3.05) is 13.1 Å². The van der Waals surface area contributed by atoms with E-state index in [9.17, 15) is 0 Å². The van der Waals surface area contributed by atoms with Gasteiger partial charge in [0.1, 0.15) is 0 Å². The maximum absolute atomic E-state index is 5.58. The lowest BCUT2D eigenvalue weighted by atomic mass is 10.1. The highest BCUT2D eigenvalue weighted by atomic mass is 32.1. The smallest absolute Gasteiger partial charge is 0.0771 e. The van der Waals surface area contributed by atoms with Crippen LogP contribution in [0.2, 0.25) is 0 Å². The quantitative estimate of drug-likeness (QED) is 0.742. The lowest BCUT2D eigenvalue weighted by molar-refractivity contribution is 0.211. The molecule has 3 heteroatoms. The zero-order valence-corrected chi connectivity index (χ0v) is 14.0. The Kier molecular flexibility index (Phi) is 7.17. The molecule has 0 spiro atoms. The molecule has 0 unspecified atom stereocenters. The third-order valence-electron chi connectivity index (χ3n) is 3.05. The summed E-state index contributed by atoms with van der Waals surface area (Å²) < 4.78 is 0. The van der Waals surface area contributed by atoms with E-state index in [4.69, 9.17) is 18.0 Å². The molecule has 0 saturated heterocycles. The summed E-state index contributed by atoms with van der Waals surface area (Å²) in [5.41, 5.74) is 8.13. The van der Waals surface area contributed by atoms with Gasteiger partial charge in [-0.3, -0.25) is 4.90 Å². The highest BCUT2D eigenvalue weighted by molar-refractivity contribution is 7.80. The van der Waals surface area contributed by atoms with Crippen LogP contribution in [0.3, 0.4) is 0 Å². The predicted octanol–water partition coefficient (Wildman–Crippen LogP) is 3.63. The SMILES string of the molecule is CC(C)CN(Cc1ccc(CC(N)=S)cc1)CC(C)C. The van der Waals surface area contributed by atoms with Gasteiger partial charge in [-0.15, -0.1) is 0 Å². The largest absolute Gasteiger partial charge is 0.393 e. The van der Waals surface area contributed by atoms with Gasteiger partial charge < -0.3 is 5.73 Å². The van der Waals surface area contributed by atoms with Gasteiger partial charge in [-0.2, -0.15) is 0 Å². The highest BCUT2D eigenvalue weighted by Crippen LogP contribution is 2.12. The van der Waals surface area contributed by atoms with Crippen LogP contribution in [0.4, 0.5) is 0 Å². The molecular weight excluding hydrogens is 264 g/mol. The Balaban J connectivity index is 2.65. The highest BCUT2D eigenvalue weighted by Gasteiger charge is 2.10. The lowest BCUT2D eigenvalue weighted by Crippen LogP contribution is -2.30. The average molecular weight is 292 g/mol. The molecule has 0 heterocycles. The van der Waals surface area contributed by atoms with Crippen LogP contribution in [0, 0.1) is 11.8 Å². The molecule has 0 atom stereocenters. The third kappa shape index (κ3) is 7.01. The van der Waals surface area contributed by atoms with Crippen molar-refractivity contribution < 1.29 is 0 Å². The number of rotatable bonds is 8. The summed E-state index contributed by atoms with van der Waals surface area (Å²) in [7, 11) is 0. The number of benzene rings is 1. The molecular formula is C17H28N2S. The van der Waals surface area contributed by atoms with Crippen molar-refractivity contribution in [3.8, 4) is 0 Å². The van der Waals surface area contributed by atoms with E-state index in [0.717, 1.165) is 19.6 Å². The van der Waals surface area contributed by atoms with Gasteiger partial charge in [0.25, 0.3) is 0 Å². The number of nitrogens with zero attached hydrogens (tertiary/aromatic N) is 1. The molecule has 0 aliphatic heterocycles. The van der Waals surface area contributed by atoms with E-state index in [2.05, 4.69) is 56.9 Å². The molecule has 1 rings (SSSR count). The van der Waals surface area contributed by atoms with E-state index in [1.165, 1.54) is 11.1 Å². The summed E-state index contributed by atoms with van der Waals surface area (Å²) in [6.45, 7) is 12.4. The van der Waals surface area contributed by atoms with Gasteiger partial charge in [-0.05, 0) is 23.0 Å². The van der Waals surface area contributed by atoms with Crippen LogP contribution in [0.1, 0.15) is 38.8 Å². The van der Waals surface area contributed by atoms with E-state index in [0.29, 0.717) is 23.2 Å². The Morgan fingerprint density at radius 3 is 1.85 bits per heavy atom. The minimum Gasteiger partial charge on any atom is -0.393 e. The van der Waals surface area contributed by atoms with Gasteiger partial charge in [-0.25, -0.2) is 0 Å². The summed E-state index contributed by atoms with van der Waals surface area (Å²) in [6, 6.07) is 8.66. The Morgan fingerprint density at radius 2 is 1.45 bits per heavy atom. The summed E-state index contributed by atoms with van der Waals surface area (Å²) in [4.78, 5) is 3.09. The molecule has 0 fully saturated rings. The van der Waals surface area contributed by atoms with E-state index in [-0.39, 0.29) is 0 Å². The second-order valence-electron chi connectivity index (χ2n) is 6.44. The van der Waals surface area contributed by atoms with Gasteiger partial charge in [0, 0.05) is 26.1 Å². The first kappa shape index (κ1) is 17.1. The summed E-state index contributed by atoms with van der Waals surface area (Å²) in [5.74, 6) is 1.39. The number of thiocarbonyl (C=S) groups is 1. The van der Waals surface area contributed by atoms with Crippen LogP contribution in [0.5, 0.6) is 0 Å². The second kappa shape index (κ2) is 8.38. The minimum absolute atomic E-state index is 0.555. The molecule has 0 radical (unpaired) electrons. The first-order valence-corrected chi connectivity index (χ1v) is 7.86. The predicted molar refractivity (Wildman–Crippen MR) is 91.9 cm³/mol. The van der Waals surface area contributed by atoms with Crippen LogP contribution < -0.4 is 5.73 Å². The van der Waals surface area contributed by atoms with Crippen molar-refractivity contribution in [2.45, 2.75) is 40.7 Å². The first-order valence-electron chi connectivity index (χ1n) is 7.45. The first-order chi connectivity index (χ1) is 9.36. The molecule has 0 bridgehead atoms. The number of hydrogen-bond acceptors (Lipinski definition) is 2. The zero-order chi connectivity index (χ0) is 15.1. The molecule has 112 valence electrons. The average Bonchev–Trinajstić information content (AvgIpc) is 2.29. The maximum Gasteiger partial charge on any atom is 0.0771 e. The molecule has 1 aromatic carbocycles. The molecule has 20 heavy (non-hydrogen) atoms. The van der Waals surface area contributed by atoms with Gasteiger partial charge in [0.2, 0.25) is 0 Å². The monoisotopic (exact) mass is 292 g/mol. The van der Waals surface area contributed by atoms with Crippen molar-refractivity contribution >= 4 is 17.2 Å². The van der Waals surface area contributed by atoms with Gasteiger partial charge >= 0.3 is 0 Å². The van der Waals surface area contributed by atoms with Gasteiger partial charge in [0.05, 0.1) is 4.99 Å². The van der Waals surface area contributed by atoms with E-state index < -0.39 is 0 Å².